The van der Waals surface area contributed by atoms with Crippen molar-refractivity contribution in [3.05, 3.63) is 42.0 Å². The molecular formula is C16H10F3N5O. The van der Waals surface area contributed by atoms with Crippen LogP contribution in [-0.4, -0.2) is 24.6 Å². The SMILES string of the molecule is FC(F)(F)c1cc(C2CC2)nc2c1ccc1nc(-c3nnco3)cn12. The summed E-state index contributed by atoms with van der Waals surface area (Å²) in [5.41, 5.74) is 0.883. The Balaban J connectivity index is 1.83. The average molecular weight is 345 g/mol. The molecule has 0 radical (unpaired) electrons. The molecule has 4 aromatic rings. The lowest BCUT2D eigenvalue weighted by atomic mass is 10.1. The maximum atomic E-state index is 13.5. The van der Waals surface area contributed by atoms with Gasteiger partial charge in [-0.2, -0.15) is 13.2 Å². The fraction of sp³-hybridized carbons (Fsp3) is 0.250. The van der Waals surface area contributed by atoms with Crippen LogP contribution in [0, 0.1) is 0 Å². The van der Waals surface area contributed by atoms with Crippen LogP contribution in [0.25, 0.3) is 28.3 Å². The van der Waals surface area contributed by atoms with E-state index in [1.165, 1.54) is 29.0 Å². The van der Waals surface area contributed by atoms with Gasteiger partial charge in [0.25, 0.3) is 5.89 Å². The third kappa shape index (κ3) is 2.26. The fourth-order valence-electron chi connectivity index (χ4n) is 2.96. The summed E-state index contributed by atoms with van der Waals surface area (Å²) in [5, 5.41) is 7.41. The number of nitrogens with zero attached hydrogens (tertiary/aromatic N) is 5. The summed E-state index contributed by atoms with van der Waals surface area (Å²) in [6.45, 7) is 0. The molecule has 25 heavy (non-hydrogen) atoms. The lowest BCUT2D eigenvalue weighted by Gasteiger charge is -2.13. The molecule has 0 N–H and O–H groups in total. The Bertz CT molecular complexity index is 1100. The van der Waals surface area contributed by atoms with Crippen molar-refractivity contribution in [1.29, 1.82) is 0 Å². The van der Waals surface area contributed by atoms with Gasteiger partial charge in [0.15, 0.2) is 0 Å². The van der Waals surface area contributed by atoms with E-state index in [-0.39, 0.29) is 22.8 Å². The van der Waals surface area contributed by atoms with Crippen molar-refractivity contribution in [1.82, 2.24) is 24.6 Å². The Kier molecular flexibility index (Phi) is 2.75. The van der Waals surface area contributed by atoms with E-state index in [4.69, 9.17) is 4.42 Å². The molecule has 1 aliphatic carbocycles. The van der Waals surface area contributed by atoms with E-state index in [2.05, 4.69) is 20.2 Å². The summed E-state index contributed by atoms with van der Waals surface area (Å²) in [5.74, 6) is 0.297. The Morgan fingerprint density at radius 2 is 2.00 bits per heavy atom. The zero-order valence-electron chi connectivity index (χ0n) is 12.7. The average Bonchev–Trinajstić information content (AvgIpc) is 3.10. The first-order valence-corrected chi connectivity index (χ1v) is 7.67. The van der Waals surface area contributed by atoms with Gasteiger partial charge in [-0.05, 0) is 31.0 Å². The van der Waals surface area contributed by atoms with Gasteiger partial charge in [0.2, 0.25) is 6.39 Å². The van der Waals surface area contributed by atoms with Crippen LogP contribution >= 0.6 is 0 Å². The van der Waals surface area contributed by atoms with Gasteiger partial charge in [0.05, 0.1) is 5.56 Å². The highest BCUT2D eigenvalue weighted by atomic mass is 19.4. The molecule has 1 saturated carbocycles. The van der Waals surface area contributed by atoms with Gasteiger partial charge < -0.3 is 4.42 Å². The van der Waals surface area contributed by atoms with Crippen LogP contribution in [0.2, 0.25) is 0 Å². The third-order valence-electron chi connectivity index (χ3n) is 4.30. The van der Waals surface area contributed by atoms with Gasteiger partial charge in [-0.25, -0.2) is 9.97 Å². The summed E-state index contributed by atoms with van der Waals surface area (Å²) in [4.78, 5) is 8.82. The van der Waals surface area contributed by atoms with Gasteiger partial charge in [-0.1, -0.05) is 0 Å². The summed E-state index contributed by atoms with van der Waals surface area (Å²) in [6, 6.07) is 4.10. The minimum Gasteiger partial charge on any atom is -0.422 e. The minimum absolute atomic E-state index is 0.0406. The molecule has 126 valence electrons. The number of aromatic nitrogens is 5. The van der Waals surface area contributed by atoms with E-state index < -0.39 is 11.7 Å². The lowest BCUT2D eigenvalue weighted by Crippen LogP contribution is -2.09. The smallest absolute Gasteiger partial charge is 0.417 e. The predicted octanol–water partition coefficient (Wildman–Crippen LogP) is 3.83. The van der Waals surface area contributed by atoms with Crippen LogP contribution in [0.5, 0.6) is 0 Å². The van der Waals surface area contributed by atoms with E-state index in [0.29, 0.717) is 17.0 Å². The van der Waals surface area contributed by atoms with Crippen molar-refractivity contribution in [3.63, 3.8) is 0 Å². The maximum Gasteiger partial charge on any atom is 0.417 e. The molecule has 0 aliphatic heterocycles. The van der Waals surface area contributed by atoms with E-state index in [1.54, 1.807) is 6.20 Å². The Morgan fingerprint density at radius 3 is 2.68 bits per heavy atom. The second-order valence-corrected chi connectivity index (χ2v) is 6.04. The second-order valence-electron chi connectivity index (χ2n) is 6.04. The second kappa shape index (κ2) is 4.78. The lowest BCUT2D eigenvalue weighted by molar-refractivity contribution is -0.136. The summed E-state index contributed by atoms with van der Waals surface area (Å²) < 4.78 is 47.2. The van der Waals surface area contributed by atoms with Gasteiger partial charge >= 0.3 is 6.18 Å². The van der Waals surface area contributed by atoms with Crippen molar-refractivity contribution < 1.29 is 17.6 Å². The largest absolute Gasteiger partial charge is 0.422 e. The standard InChI is InChI=1S/C16H10F3N5O/c17-16(18,19)10-5-11(8-1-2-8)22-14-9(10)3-4-13-21-12(6-24(13)14)15-23-20-7-25-15/h3-8H,1-2H2. The van der Waals surface area contributed by atoms with Crippen molar-refractivity contribution >= 4 is 16.7 Å². The number of halogens is 3. The van der Waals surface area contributed by atoms with Gasteiger partial charge in [-0.3, -0.25) is 4.40 Å². The van der Waals surface area contributed by atoms with Crippen LogP contribution in [0.4, 0.5) is 13.2 Å². The van der Waals surface area contributed by atoms with Crippen LogP contribution in [-0.2, 0) is 6.18 Å². The molecular weight excluding hydrogens is 335 g/mol. The highest BCUT2D eigenvalue weighted by Gasteiger charge is 2.36. The molecule has 0 spiro atoms. The first-order chi connectivity index (χ1) is 12.0. The molecule has 1 aliphatic rings. The van der Waals surface area contributed by atoms with E-state index in [9.17, 15) is 13.2 Å². The van der Waals surface area contributed by atoms with E-state index in [0.717, 1.165) is 12.8 Å². The van der Waals surface area contributed by atoms with Crippen LogP contribution in [0.1, 0.15) is 30.0 Å². The quantitative estimate of drug-likeness (QED) is 0.552. The third-order valence-corrected chi connectivity index (χ3v) is 4.30. The number of hydrogen-bond donors (Lipinski definition) is 0. The van der Waals surface area contributed by atoms with Crippen LogP contribution in [0.3, 0.4) is 0 Å². The van der Waals surface area contributed by atoms with Crippen molar-refractivity contribution in [2.75, 3.05) is 0 Å². The van der Waals surface area contributed by atoms with Crippen LogP contribution in [0.15, 0.2) is 35.2 Å². The van der Waals surface area contributed by atoms with Crippen LogP contribution < -0.4 is 0 Å². The zero-order valence-corrected chi connectivity index (χ0v) is 12.7. The molecule has 0 unspecified atom stereocenters. The number of hydrogen-bond acceptors (Lipinski definition) is 5. The van der Waals surface area contributed by atoms with Crippen molar-refractivity contribution in [2.24, 2.45) is 0 Å². The first-order valence-electron chi connectivity index (χ1n) is 7.67. The fourth-order valence-corrected chi connectivity index (χ4v) is 2.96. The van der Waals surface area contributed by atoms with Crippen molar-refractivity contribution in [2.45, 2.75) is 24.9 Å². The van der Waals surface area contributed by atoms with E-state index >= 15 is 0 Å². The Hall–Kier alpha value is -2.97. The van der Waals surface area contributed by atoms with Gasteiger partial charge in [-0.15, -0.1) is 10.2 Å². The number of imidazole rings is 1. The molecule has 0 amide bonds. The molecule has 6 nitrogen and oxygen atoms in total. The normalized spacial score (nSPS) is 15.3. The zero-order chi connectivity index (χ0) is 17.2. The Morgan fingerprint density at radius 1 is 1.16 bits per heavy atom. The monoisotopic (exact) mass is 345 g/mol. The number of alkyl halides is 3. The summed E-state index contributed by atoms with van der Waals surface area (Å²) in [6.07, 6.45) is 0.0119. The maximum absolute atomic E-state index is 13.5. The topological polar surface area (TPSA) is 69.1 Å². The van der Waals surface area contributed by atoms with E-state index in [1.807, 2.05) is 0 Å². The molecule has 0 aromatic carbocycles. The molecule has 0 atom stereocenters. The number of fused-ring (bicyclic) bond motifs is 3. The first kappa shape index (κ1) is 14.4. The number of rotatable bonds is 2. The Labute approximate surface area is 138 Å². The summed E-state index contributed by atoms with van der Waals surface area (Å²) >= 11 is 0. The highest BCUT2D eigenvalue weighted by Crippen LogP contribution is 2.43. The predicted molar refractivity (Wildman–Crippen MR) is 80.8 cm³/mol. The minimum atomic E-state index is -4.45. The molecule has 4 aromatic heterocycles. The molecule has 1 fully saturated rings. The number of pyridine rings is 2. The molecule has 5 rings (SSSR count). The molecule has 0 saturated heterocycles. The van der Waals surface area contributed by atoms with Gasteiger partial charge in [0, 0.05) is 23.2 Å². The van der Waals surface area contributed by atoms with Gasteiger partial charge in [0.1, 0.15) is 17.0 Å². The highest BCUT2D eigenvalue weighted by molar-refractivity contribution is 5.83. The molecule has 0 bridgehead atoms. The summed E-state index contributed by atoms with van der Waals surface area (Å²) in [7, 11) is 0. The molecule has 4 heterocycles. The van der Waals surface area contributed by atoms with Crippen molar-refractivity contribution in [3.8, 4) is 11.6 Å². The molecule has 9 heteroatoms.